The second-order valence-corrected chi connectivity index (χ2v) is 8.15. The molecule has 4 rings (SSSR count). The number of benzene rings is 2. The Morgan fingerprint density at radius 2 is 1.97 bits per heavy atom. The summed E-state index contributed by atoms with van der Waals surface area (Å²) >= 11 is 6.52. The summed E-state index contributed by atoms with van der Waals surface area (Å²) in [4.78, 5) is 27.4. The van der Waals surface area contributed by atoms with E-state index in [1.54, 1.807) is 11.8 Å². The number of nitrogens with zero attached hydrogens (tertiary/aromatic N) is 3. The summed E-state index contributed by atoms with van der Waals surface area (Å²) in [5.74, 6) is 0.168. The molecular weight excluding hydrogens is 446 g/mol. The molecule has 10 heteroatoms. The number of carbonyl (C=O) groups excluding carboxylic acids is 1. The quantitative estimate of drug-likeness (QED) is 0.450. The fraction of sp³-hybridized carbons (Fsp3) is 0.304. The number of anilines is 2. The number of rotatable bonds is 8. The minimum absolute atomic E-state index is 0.0620. The first-order chi connectivity index (χ1) is 15.9. The summed E-state index contributed by atoms with van der Waals surface area (Å²) in [6.07, 6.45) is 0.916. The van der Waals surface area contributed by atoms with Crippen molar-refractivity contribution in [2.75, 3.05) is 17.7 Å². The molecule has 0 unspecified atom stereocenters. The number of hydrogen-bond donors (Lipinski definition) is 3. The number of nitrogens with one attached hydrogen (secondary N) is 2. The zero-order valence-electron chi connectivity index (χ0n) is 18.0. The van der Waals surface area contributed by atoms with E-state index in [1.165, 1.54) is 0 Å². The first-order valence-corrected chi connectivity index (χ1v) is 11.0. The Morgan fingerprint density at radius 1 is 1.21 bits per heavy atom. The van der Waals surface area contributed by atoms with Gasteiger partial charge in [0.05, 0.1) is 19.2 Å². The van der Waals surface area contributed by atoms with Gasteiger partial charge in [0.2, 0.25) is 11.9 Å². The molecule has 1 aromatic heterocycles. The van der Waals surface area contributed by atoms with Gasteiger partial charge in [0.1, 0.15) is 5.75 Å². The van der Waals surface area contributed by atoms with Crippen LogP contribution < -0.4 is 15.4 Å². The van der Waals surface area contributed by atoms with Gasteiger partial charge in [0.15, 0.2) is 0 Å². The van der Waals surface area contributed by atoms with Crippen molar-refractivity contribution in [2.45, 2.75) is 37.8 Å². The molecule has 0 fully saturated rings. The molecule has 172 valence electrons. The number of amides is 1. The lowest BCUT2D eigenvalue weighted by Crippen LogP contribution is -2.28. The Balaban J connectivity index is 1.61. The molecule has 1 aliphatic heterocycles. The van der Waals surface area contributed by atoms with Crippen LogP contribution in [0.15, 0.2) is 48.5 Å². The van der Waals surface area contributed by atoms with Crippen molar-refractivity contribution < 1.29 is 19.4 Å². The van der Waals surface area contributed by atoms with E-state index < -0.39 is 5.97 Å². The van der Waals surface area contributed by atoms with Gasteiger partial charge < -0.3 is 15.2 Å². The number of fused-ring (bicyclic) bond motifs is 1. The van der Waals surface area contributed by atoms with Crippen LogP contribution in [-0.4, -0.2) is 38.9 Å². The molecule has 9 nitrogen and oxygen atoms in total. The largest absolute Gasteiger partial charge is 0.497 e. The van der Waals surface area contributed by atoms with Crippen molar-refractivity contribution in [3.8, 4) is 5.75 Å². The van der Waals surface area contributed by atoms with Crippen molar-refractivity contribution in [3.63, 3.8) is 0 Å². The van der Waals surface area contributed by atoms with Crippen molar-refractivity contribution in [1.82, 2.24) is 14.8 Å². The Hall–Kier alpha value is -3.59. The molecule has 2 aromatic carbocycles. The van der Waals surface area contributed by atoms with E-state index in [0.29, 0.717) is 17.4 Å². The maximum Gasteiger partial charge on any atom is 0.303 e. The van der Waals surface area contributed by atoms with E-state index in [0.717, 1.165) is 16.9 Å². The number of carboxylic acid groups (broad SMARTS) is 1. The summed E-state index contributed by atoms with van der Waals surface area (Å²) in [7, 11) is 1.63. The number of halogens is 1. The third-order valence-corrected chi connectivity index (χ3v) is 5.86. The zero-order chi connectivity index (χ0) is 23.4. The molecule has 0 saturated carbocycles. The van der Waals surface area contributed by atoms with Crippen LogP contribution in [0.5, 0.6) is 5.75 Å². The smallest absolute Gasteiger partial charge is 0.303 e. The Bertz CT molecular complexity index is 1150. The molecule has 1 aliphatic rings. The fourth-order valence-corrected chi connectivity index (χ4v) is 4.14. The van der Waals surface area contributed by atoms with Gasteiger partial charge in [-0.3, -0.25) is 14.9 Å². The van der Waals surface area contributed by atoms with Gasteiger partial charge in [-0.05, 0) is 42.2 Å². The predicted molar refractivity (Wildman–Crippen MR) is 124 cm³/mol. The SMILES string of the molecule is COc1ccc([C@H]2C[C@@H](c3ccccc3Cl)n3nc(NC(=O)CCCC(=O)O)nc3N2)cc1. The standard InChI is InChI=1S/C23H24ClN5O4/c1-33-15-11-9-14(10-12-15)18-13-19(16-5-2-3-6-17(16)24)29-23(25-18)27-22(28-29)26-20(30)7-4-8-21(31)32/h2-3,5-6,9-12,18-19H,4,7-8,13H2,1H3,(H,31,32)(H2,25,26,27,28,30)/t18-,19+/m1/s1. The Kier molecular flexibility index (Phi) is 6.79. The minimum atomic E-state index is -0.935. The molecule has 3 N–H and O–H groups in total. The van der Waals surface area contributed by atoms with Crippen LogP contribution in [0.25, 0.3) is 0 Å². The fourth-order valence-electron chi connectivity index (χ4n) is 3.88. The first kappa shape index (κ1) is 22.6. The van der Waals surface area contributed by atoms with Crippen LogP contribution in [0.2, 0.25) is 5.02 Å². The van der Waals surface area contributed by atoms with Crippen LogP contribution in [0, 0.1) is 0 Å². The molecule has 0 bridgehead atoms. The van der Waals surface area contributed by atoms with Crippen LogP contribution in [0.1, 0.15) is 48.9 Å². The van der Waals surface area contributed by atoms with E-state index in [9.17, 15) is 9.59 Å². The Labute approximate surface area is 195 Å². The van der Waals surface area contributed by atoms with Gasteiger partial charge in [0.25, 0.3) is 5.95 Å². The lowest BCUT2D eigenvalue weighted by atomic mass is 9.93. The molecule has 0 aliphatic carbocycles. The molecule has 2 atom stereocenters. The average molecular weight is 470 g/mol. The second kappa shape index (κ2) is 9.91. The highest BCUT2D eigenvalue weighted by Crippen LogP contribution is 2.40. The summed E-state index contributed by atoms with van der Waals surface area (Å²) < 4.78 is 6.99. The molecule has 0 radical (unpaired) electrons. The van der Waals surface area contributed by atoms with Gasteiger partial charge in [0, 0.05) is 17.9 Å². The summed E-state index contributed by atoms with van der Waals surface area (Å²) in [5, 5.41) is 19.9. The maximum absolute atomic E-state index is 12.2. The van der Waals surface area contributed by atoms with Gasteiger partial charge in [-0.1, -0.05) is 41.9 Å². The van der Waals surface area contributed by atoms with E-state index >= 15 is 0 Å². The molecular formula is C23H24ClN5O4. The van der Waals surface area contributed by atoms with Crippen molar-refractivity contribution in [1.29, 1.82) is 0 Å². The van der Waals surface area contributed by atoms with E-state index in [2.05, 4.69) is 20.7 Å². The molecule has 2 heterocycles. The number of aliphatic carboxylic acids is 1. The van der Waals surface area contributed by atoms with Gasteiger partial charge in [-0.25, -0.2) is 4.68 Å². The second-order valence-electron chi connectivity index (χ2n) is 7.74. The monoisotopic (exact) mass is 469 g/mol. The molecule has 33 heavy (non-hydrogen) atoms. The summed E-state index contributed by atoms with van der Waals surface area (Å²) in [6.45, 7) is 0. The normalized spacial score (nSPS) is 17.0. The lowest BCUT2D eigenvalue weighted by molar-refractivity contribution is -0.137. The van der Waals surface area contributed by atoms with Gasteiger partial charge in [-0.2, -0.15) is 4.98 Å². The van der Waals surface area contributed by atoms with Crippen LogP contribution in [0.3, 0.4) is 0 Å². The molecule has 3 aromatic rings. The third kappa shape index (κ3) is 5.25. The first-order valence-electron chi connectivity index (χ1n) is 10.6. The van der Waals surface area contributed by atoms with Crippen molar-refractivity contribution in [2.24, 2.45) is 0 Å². The molecule has 0 saturated heterocycles. The van der Waals surface area contributed by atoms with Crippen LogP contribution in [0.4, 0.5) is 11.9 Å². The third-order valence-electron chi connectivity index (χ3n) is 5.52. The minimum Gasteiger partial charge on any atom is -0.497 e. The van der Waals surface area contributed by atoms with E-state index in [-0.39, 0.29) is 43.2 Å². The van der Waals surface area contributed by atoms with Crippen molar-refractivity contribution >= 4 is 35.4 Å². The highest BCUT2D eigenvalue weighted by atomic mass is 35.5. The predicted octanol–water partition coefficient (Wildman–Crippen LogP) is 4.28. The number of aromatic nitrogens is 3. The Morgan fingerprint density at radius 3 is 2.67 bits per heavy atom. The summed E-state index contributed by atoms with van der Waals surface area (Å²) in [6, 6.07) is 15.1. The van der Waals surface area contributed by atoms with Crippen LogP contribution in [-0.2, 0) is 9.59 Å². The highest BCUT2D eigenvalue weighted by molar-refractivity contribution is 6.31. The zero-order valence-corrected chi connectivity index (χ0v) is 18.7. The average Bonchev–Trinajstić information content (AvgIpc) is 3.21. The van der Waals surface area contributed by atoms with Gasteiger partial charge >= 0.3 is 5.97 Å². The van der Waals surface area contributed by atoms with E-state index in [1.807, 2.05) is 48.5 Å². The maximum atomic E-state index is 12.2. The number of carbonyl (C=O) groups is 2. The number of carboxylic acids is 1. The number of ether oxygens (including phenoxy) is 1. The van der Waals surface area contributed by atoms with E-state index in [4.69, 9.17) is 21.4 Å². The van der Waals surface area contributed by atoms with Crippen molar-refractivity contribution in [3.05, 3.63) is 64.7 Å². The molecule has 0 spiro atoms. The lowest BCUT2D eigenvalue weighted by Gasteiger charge is -2.32. The summed E-state index contributed by atoms with van der Waals surface area (Å²) in [5.41, 5.74) is 1.96. The van der Waals surface area contributed by atoms with Gasteiger partial charge in [-0.15, -0.1) is 5.10 Å². The topological polar surface area (TPSA) is 118 Å². The van der Waals surface area contributed by atoms with Crippen LogP contribution >= 0.6 is 11.6 Å². The number of methoxy groups -OCH3 is 1. The highest BCUT2D eigenvalue weighted by Gasteiger charge is 2.32. The number of hydrogen-bond acceptors (Lipinski definition) is 6. The molecule has 1 amide bonds.